The molecule has 0 bridgehead atoms. The summed E-state index contributed by atoms with van der Waals surface area (Å²) >= 11 is 6.25. The van der Waals surface area contributed by atoms with E-state index in [0.29, 0.717) is 22.5 Å². The number of phenolic OH excluding ortho intramolecular Hbond substituents is 1. The zero-order valence-corrected chi connectivity index (χ0v) is 17.1. The standard InChI is InChI=1S/C23H25ClN4O/c24-16-7-8-18-20(15-16)25-22(19-5-1-2-6-21(19)29)26-23(18)28-13-9-17(10-14-28)27-11-3-4-12-27/h1-2,5-8,15,17,29H,3-4,9-14H2. The third-order valence-corrected chi connectivity index (χ3v) is 6.44. The van der Waals surface area contributed by atoms with Gasteiger partial charge in [-0.2, -0.15) is 0 Å². The highest BCUT2D eigenvalue weighted by atomic mass is 35.5. The lowest BCUT2D eigenvalue weighted by atomic mass is 10.0. The second kappa shape index (κ2) is 7.81. The fraction of sp³-hybridized carbons (Fsp3) is 0.391. The Labute approximate surface area is 175 Å². The van der Waals surface area contributed by atoms with Crippen molar-refractivity contribution in [2.45, 2.75) is 31.7 Å². The molecule has 5 nitrogen and oxygen atoms in total. The molecule has 1 aromatic heterocycles. The van der Waals surface area contributed by atoms with Crippen molar-refractivity contribution in [3.63, 3.8) is 0 Å². The van der Waals surface area contributed by atoms with Crippen molar-refractivity contribution in [2.24, 2.45) is 0 Å². The van der Waals surface area contributed by atoms with Crippen LogP contribution in [0.5, 0.6) is 5.75 Å². The number of fused-ring (bicyclic) bond motifs is 1. The van der Waals surface area contributed by atoms with Gasteiger partial charge in [0.15, 0.2) is 5.82 Å². The van der Waals surface area contributed by atoms with Crippen LogP contribution in [-0.2, 0) is 0 Å². The topological polar surface area (TPSA) is 52.5 Å². The van der Waals surface area contributed by atoms with Crippen LogP contribution >= 0.6 is 11.6 Å². The van der Waals surface area contributed by atoms with Gasteiger partial charge in [0.25, 0.3) is 0 Å². The number of nitrogens with zero attached hydrogens (tertiary/aromatic N) is 4. The van der Waals surface area contributed by atoms with Gasteiger partial charge in [-0.25, -0.2) is 9.97 Å². The Balaban J connectivity index is 1.51. The summed E-state index contributed by atoms with van der Waals surface area (Å²) in [5.74, 6) is 1.66. The van der Waals surface area contributed by atoms with Crippen LogP contribution in [0.1, 0.15) is 25.7 Å². The number of hydrogen-bond acceptors (Lipinski definition) is 5. The lowest BCUT2D eigenvalue weighted by Crippen LogP contribution is -2.44. The quantitative estimate of drug-likeness (QED) is 0.679. The van der Waals surface area contributed by atoms with E-state index in [1.165, 1.54) is 25.9 Å². The maximum Gasteiger partial charge on any atom is 0.165 e. The molecule has 0 saturated carbocycles. The van der Waals surface area contributed by atoms with Gasteiger partial charge in [-0.1, -0.05) is 23.7 Å². The van der Waals surface area contributed by atoms with Crippen LogP contribution in [0.3, 0.4) is 0 Å². The van der Waals surface area contributed by atoms with Gasteiger partial charge in [0.1, 0.15) is 11.6 Å². The summed E-state index contributed by atoms with van der Waals surface area (Å²) in [7, 11) is 0. The van der Waals surface area contributed by atoms with E-state index in [1.807, 2.05) is 30.3 Å². The Bertz CT molecular complexity index is 1030. The molecule has 3 aromatic rings. The highest BCUT2D eigenvalue weighted by molar-refractivity contribution is 6.31. The van der Waals surface area contributed by atoms with Crippen molar-refractivity contribution < 1.29 is 5.11 Å². The number of likely N-dealkylation sites (tertiary alicyclic amines) is 1. The van der Waals surface area contributed by atoms with E-state index in [0.717, 1.165) is 42.7 Å². The van der Waals surface area contributed by atoms with Gasteiger partial charge in [-0.3, -0.25) is 0 Å². The average Bonchev–Trinajstić information content (AvgIpc) is 3.28. The molecule has 0 unspecified atom stereocenters. The molecule has 29 heavy (non-hydrogen) atoms. The number of hydrogen-bond donors (Lipinski definition) is 1. The maximum absolute atomic E-state index is 10.3. The maximum atomic E-state index is 10.3. The van der Waals surface area contributed by atoms with E-state index in [2.05, 4.69) is 9.80 Å². The van der Waals surface area contributed by atoms with E-state index in [9.17, 15) is 5.11 Å². The smallest absolute Gasteiger partial charge is 0.165 e. The normalized spacial score (nSPS) is 18.6. The molecule has 2 fully saturated rings. The minimum Gasteiger partial charge on any atom is -0.507 e. The molecular weight excluding hydrogens is 384 g/mol. The minimum atomic E-state index is 0.188. The molecule has 0 atom stereocenters. The lowest BCUT2D eigenvalue weighted by Gasteiger charge is -2.37. The molecule has 2 aromatic carbocycles. The molecule has 1 N–H and O–H groups in total. The first kappa shape index (κ1) is 18.6. The van der Waals surface area contributed by atoms with Crippen molar-refractivity contribution in [3.8, 4) is 17.1 Å². The second-order valence-corrected chi connectivity index (χ2v) is 8.45. The Hall–Kier alpha value is -2.37. The van der Waals surface area contributed by atoms with Gasteiger partial charge in [0.05, 0.1) is 11.1 Å². The number of phenols is 1. The fourth-order valence-corrected chi connectivity index (χ4v) is 4.83. The van der Waals surface area contributed by atoms with Gasteiger partial charge < -0.3 is 14.9 Å². The molecular formula is C23H25ClN4O. The number of aromatic hydroxyl groups is 1. The van der Waals surface area contributed by atoms with E-state index >= 15 is 0 Å². The molecule has 0 amide bonds. The third kappa shape index (κ3) is 3.65. The van der Waals surface area contributed by atoms with Gasteiger partial charge in [0, 0.05) is 29.5 Å². The van der Waals surface area contributed by atoms with Crippen LogP contribution in [0.2, 0.25) is 5.02 Å². The fourth-order valence-electron chi connectivity index (χ4n) is 4.66. The summed E-state index contributed by atoms with van der Waals surface area (Å²) in [6, 6.07) is 13.7. The molecule has 6 heteroatoms. The number of aromatic nitrogens is 2. The van der Waals surface area contributed by atoms with E-state index < -0.39 is 0 Å². The van der Waals surface area contributed by atoms with Crippen molar-refractivity contribution in [3.05, 3.63) is 47.5 Å². The Kier molecular flexibility index (Phi) is 5.02. The van der Waals surface area contributed by atoms with Crippen LogP contribution in [0.15, 0.2) is 42.5 Å². The lowest BCUT2D eigenvalue weighted by molar-refractivity contribution is 0.208. The van der Waals surface area contributed by atoms with Gasteiger partial charge in [-0.05, 0) is 69.1 Å². The summed E-state index contributed by atoms with van der Waals surface area (Å²) in [6.45, 7) is 4.46. The second-order valence-electron chi connectivity index (χ2n) is 8.01. The zero-order valence-electron chi connectivity index (χ0n) is 16.4. The van der Waals surface area contributed by atoms with E-state index in [1.54, 1.807) is 12.1 Å². The molecule has 150 valence electrons. The van der Waals surface area contributed by atoms with Crippen molar-refractivity contribution in [1.82, 2.24) is 14.9 Å². The van der Waals surface area contributed by atoms with Gasteiger partial charge in [-0.15, -0.1) is 0 Å². The minimum absolute atomic E-state index is 0.188. The zero-order chi connectivity index (χ0) is 19.8. The number of rotatable bonds is 3. The Morgan fingerprint density at radius 1 is 0.931 bits per heavy atom. The summed E-state index contributed by atoms with van der Waals surface area (Å²) < 4.78 is 0. The predicted octanol–water partition coefficient (Wildman–Crippen LogP) is 4.72. The first-order chi connectivity index (χ1) is 14.2. The average molecular weight is 409 g/mol. The number of para-hydroxylation sites is 1. The largest absolute Gasteiger partial charge is 0.507 e. The molecule has 5 rings (SSSR count). The SMILES string of the molecule is Oc1ccccc1-c1nc(N2CCC(N3CCCC3)CC2)c2ccc(Cl)cc2n1. The number of anilines is 1. The molecule has 2 aliphatic rings. The molecule has 2 aliphatic heterocycles. The summed E-state index contributed by atoms with van der Waals surface area (Å²) in [5, 5.41) is 12.0. The summed E-state index contributed by atoms with van der Waals surface area (Å²) in [6.07, 6.45) is 4.99. The number of benzene rings is 2. The van der Waals surface area contributed by atoms with Crippen LogP contribution in [0.25, 0.3) is 22.3 Å². The Morgan fingerprint density at radius 2 is 1.69 bits per heavy atom. The number of piperidine rings is 1. The van der Waals surface area contributed by atoms with Crippen LogP contribution in [-0.4, -0.2) is 52.2 Å². The van der Waals surface area contributed by atoms with Crippen LogP contribution in [0.4, 0.5) is 5.82 Å². The van der Waals surface area contributed by atoms with Crippen molar-refractivity contribution >= 4 is 28.3 Å². The number of halogens is 1. The summed E-state index contributed by atoms with van der Waals surface area (Å²) in [5.41, 5.74) is 1.45. The predicted molar refractivity (Wildman–Crippen MR) is 118 cm³/mol. The highest BCUT2D eigenvalue weighted by Gasteiger charge is 2.28. The van der Waals surface area contributed by atoms with Gasteiger partial charge >= 0.3 is 0 Å². The summed E-state index contributed by atoms with van der Waals surface area (Å²) in [4.78, 5) is 14.6. The van der Waals surface area contributed by atoms with E-state index in [4.69, 9.17) is 21.6 Å². The van der Waals surface area contributed by atoms with Crippen molar-refractivity contribution in [1.29, 1.82) is 0 Å². The first-order valence-electron chi connectivity index (χ1n) is 10.4. The van der Waals surface area contributed by atoms with Crippen LogP contribution < -0.4 is 4.90 Å². The highest BCUT2D eigenvalue weighted by Crippen LogP contribution is 2.34. The molecule has 0 aliphatic carbocycles. The third-order valence-electron chi connectivity index (χ3n) is 6.20. The van der Waals surface area contributed by atoms with Gasteiger partial charge in [0.2, 0.25) is 0 Å². The monoisotopic (exact) mass is 408 g/mol. The van der Waals surface area contributed by atoms with E-state index in [-0.39, 0.29) is 5.75 Å². The first-order valence-corrected chi connectivity index (χ1v) is 10.8. The molecule has 3 heterocycles. The van der Waals surface area contributed by atoms with Crippen LogP contribution in [0, 0.1) is 0 Å². The molecule has 2 saturated heterocycles. The molecule has 0 spiro atoms. The Morgan fingerprint density at radius 3 is 2.45 bits per heavy atom. The molecule has 0 radical (unpaired) electrons. The van der Waals surface area contributed by atoms with Crippen molar-refractivity contribution in [2.75, 3.05) is 31.1 Å².